The number of ether oxygens (including phenoxy) is 2. The van der Waals surface area contributed by atoms with Gasteiger partial charge in [0.25, 0.3) is 5.56 Å². The number of carbonyl (C=O) groups is 1. The van der Waals surface area contributed by atoms with Gasteiger partial charge in [0, 0.05) is 39.3 Å². The first kappa shape index (κ1) is 26.2. The lowest BCUT2D eigenvalue weighted by Crippen LogP contribution is -2.40. The van der Waals surface area contributed by atoms with Crippen LogP contribution in [0.4, 0.5) is 0 Å². The van der Waals surface area contributed by atoms with Gasteiger partial charge in [-0.25, -0.2) is 9.79 Å². The molecule has 4 rings (SSSR count). The van der Waals surface area contributed by atoms with Crippen molar-refractivity contribution in [3.8, 4) is 5.75 Å². The Labute approximate surface area is 232 Å². The number of hydrogen-bond donors (Lipinski definition) is 0. The van der Waals surface area contributed by atoms with Crippen LogP contribution in [0.2, 0.25) is 5.02 Å². The number of furan rings is 1. The Morgan fingerprint density at radius 2 is 2.14 bits per heavy atom. The van der Waals surface area contributed by atoms with Crippen molar-refractivity contribution in [1.29, 1.82) is 0 Å². The van der Waals surface area contributed by atoms with Crippen molar-refractivity contribution in [2.75, 3.05) is 13.7 Å². The molecule has 0 radical (unpaired) electrons. The topological polar surface area (TPSA) is 83.0 Å². The minimum atomic E-state index is -0.814. The summed E-state index contributed by atoms with van der Waals surface area (Å²) in [5.74, 6) is 0.505. The molecule has 35 heavy (non-hydrogen) atoms. The van der Waals surface area contributed by atoms with E-state index in [0.29, 0.717) is 52.9 Å². The summed E-state index contributed by atoms with van der Waals surface area (Å²) in [6.07, 6.45) is 2.98. The molecule has 0 saturated heterocycles. The molecule has 7 nitrogen and oxygen atoms in total. The van der Waals surface area contributed by atoms with Gasteiger partial charge in [-0.05, 0) is 53.5 Å². The first-order valence-corrected chi connectivity index (χ1v) is 13.9. The molecule has 2 aromatic heterocycles. The summed E-state index contributed by atoms with van der Waals surface area (Å²) < 4.78 is 20.1. The highest BCUT2D eigenvalue weighted by atomic mass is 127. The molecule has 184 valence electrons. The molecular formula is C24H21BrClIN2O5S. The van der Waals surface area contributed by atoms with Gasteiger partial charge in [0.2, 0.25) is 0 Å². The monoisotopic (exact) mass is 690 g/mol. The SMILES string of the molecule is CCCC1=C(C(=O)OCC)[C@H](c2cc(Cl)ccc2OC)n2c(s/c(=C/c3cc(Br)c(I)o3)c2=O)=N1. The van der Waals surface area contributed by atoms with Crippen LogP contribution in [-0.2, 0) is 9.53 Å². The molecular weight excluding hydrogens is 671 g/mol. The summed E-state index contributed by atoms with van der Waals surface area (Å²) in [6, 6.07) is 6.11. The quantitative estimate of drug-likeness (QED) is 0.252. The first-order valence-electron chi connectivity index (χ1n) is 10.8. The van der Waals surface area contributed by atoms with E-state index in [1.165, 1.54) is 23.0 Å². The van der Waals surface area contributed by atoms with Gasteiger partial charge in [-0.15, -0.1) is 0 Å². The zero-order valence-corrected chi connectivity index (χ0v) is 24.4. The number of thiazole rings is 1. The first-order chi connectivity index (χ1) is 16.8. The largest absolute Gasteiger partial charge is 0.496 e. The van der Waals surface area contributed by atoms with Gasteiger partial charge in [-0.1, -0.05) is 36.3 Å². The van der Waals surface area contributed by atoms with Gasteiger partial charge >= 0.3 is 5.97 Å². The van der Waals surface area contributed by atoms with Crippen LogP contribution in [0.3, 0.4) is 0 Å². The molecule has 1 aromatic carbocycles. The summed E-state index contributed by atoms with van der Waals surface area (Å²) in [6.45, 7) is 3.94. The van der Waals surface area contributed by atoms with Crippen LogP contribution in [0.1, 0.15) is 44.1 Å². The van der Waals surface area contributed by atoms with Crippen LogP contribution in [0.15, 0.2) is 54.2 Å². The number of esters is 1. The molecule has 3 aromatic rings. The molecule has 0 aliphatic carbocycles. The maximum Gasteiger partial charge on any atom is 0.338 e. The van der Waals surface area contributed by atoms with Crippen LogP contribution in [0.25, 0.3) is 6.08 Å². The third-order valence-corrected chi connectivity index (χ3v) is 8.67. The Balaban J connectivity index is 2.05. The number of halogens is 3. The summed E-state index contributed by atoms with van der Waals surface area (Å²) in [4.78, 5) is 32.2. The molecule has 1 aliphatic rings. The molecule has 0 saturated carbocycles. The molecule has 0 unspecified atom stereocenters. The van der Waals surface area contributed by atoms with Gasteiger partial charge in [-0.3, -0.25) is 9.36 Å². The predicted molar refractivity (Wildman–Crippen MR) is 147 cm³/mol. The van der Waals surface area contributed by atoms with Crippen LogP contribution in [0, 0.1) is 3.77 Å². The molecule has 0 fully saturated rings. The Hall–Kier alpha value is -1.89. The van der Waals surface area contributed by atoms with Gasteiger partial charge in [0.1, 0.15) is 17.6 Å². The van der Waals surface area contributed by atoms with Gasteiger partial charge in [0.15, 0.2) is 8.57 Å². The van der Waals surface area contributed by atoms with Crippen molar-refractivity contribution in [3.63, 3.8) is 0 Å². The third kappa shape index (κ3) is 5.16. The van der Waals surface area contributed by atoms with E-state index >= 15 is 0 Å². The highest BCUT2D eigenvalue weighted by molar-refractivity contribution is 14.1. The fourth-order valence-electron chi connectivity index (χ4n) is 3.90. The summed E-state index contributed by atoms with van der Waals surface area (Å²) >= 11 is 13.1. The zero-order valence-electron chi connectivity index (χ0n) is 19.1. The van der Waals surface area contributed by atoms with E-state index < -0.39 is 12.0 Å². The number of methoxy groups -OCH3 is 1. The van der Waals surface area contributed by atoms with E-state index in [-0.39, 0.29) is 12.2 Å². The minimum absolute atomic E-state index is 0.192. The molecule has 0 spiro atoms. The van der Waals surface area contributed by atoms with E-state index in [1.807, 2.05) is 6.92 Å². The lowest BCUT2D eigenvalue weighted by Gasteiger charge is -2.27. The number of aromatic nitrogens is 1. The molecule has 11 heteroatoms. The van der Waals surface area contributed by atoms with Crippen LogP contribution in [-0.4, -0.2) is 24.3 Å². The smallest absolute Gasteiger partial charge is 0.338 e. The number of fused-ring (bicyclic) bond motifs is 1. The number of rotatable bonds is 7. The normalized spacial score (nSPS) is 15.7. The van der Waals surface area contributed by atoms with Gasteiger partial charge < -0.3 is 13.9 Å². The van der Waals surface area contributed by atoms with Gasteiger partial charge in [0.05, 0.1) is 34.0 Å². The van der Waals surface area contributed by atoms with Crippen molar-refractivity contribution in [2.45, 2.75) is 32.7 Å². The summed E-state index contributed by atoms with van der Waals surface area (Å²) in [7, 11) is 1.54. The van der Waals surface area contributed by atoms with E-state index in [4.69, 9.17) is 30.5 Å². The lowest BCUT2D eigenvalue weighted by atomic mass is 9.93. The molecule has 1 atom stereocenters. The molecule has 0 N–H and O–H groups in total. The fraction of sp³-hybridized carbons (Fsp3) is 0.292. The second kappa shape index (κ2) is 11.0. The molecule has 0 amide bonds. The number of allylic oxidation sites excluding steroid dienone is 1. The Morgan fingerprint density at radius 1 is 1.37 bits per heavy atom. The van der Waals surface area contributed by atoms with Crippen molar-refractivity contribution in [3.05, 3.63) is 79.8 Å². The minimum Gasteiger partial charge on any atom is -0.496 e. The number of benzene rings is 1. The van der Waals surface area contributed by atoms with Crippen molar-refractivity contribution in [2.24, 2.45) is 4.99 Å². The van der Waals surface area contributed by atoms with E-state index in [1.54, 1.807) is 37.3 Å². The van der Waals surface area contributed by atoms with Crippen LogP contribution < -0.4 is 19.6 Å². The van der Waals surface area contributed by atoms with E-state index in [0.717, 1.165) is 10.9 Å². The second-order valence-electron chi connectivity index (χ2n) is 7.57. The molecule has 0 bridgehead atoms. The fourth-order valence-corrected chi connectivity index (χ4v) is 5.79. The predicted octanol–water partition coefficient (Wildman–Crippen LogP) is 5.20. The molecule has 3 heterocycles. The maximum absolute atomic E-state index is 13.7. The number of carbonyl (C=O) groups excluding carboxylic acids is 1. The van der Waals surface area contributed by atoms with Crippen molar-refractivity contribution >= 4 is 73.5 Å². The van der Waals surface area contributed by atoms with Gasteiger partial charge in [-0.2, -0.15) is 0 Å². The van der Waals surface area contributed by atoms with Crippen molar-refractivity contribution in [1.82, 2.24) is 4.57 Å². The lowest BCUT2D eigenvalue weighted by molar-refractivity contribution is -0.139. The zero-order chi connectivity index (χ0) is 25.3. The summed E-state index contributed by atoms with van der Waals surface area (Å²) in [5, 5.41) is 0.454. The second-order valence-corrected chi connectivity index (χ2v) is 10.8. The Morgan fingerprint density at radius 3 is 2.77 bits per heavy atom. The molecule has 1 aliphatic heterocycles. The highest BCUT2D eigenvalue weighted by Crippen LogP contribution is 2.38. The summed E-state index contributed by atoms with van der Waals surface area (Å²) in [5.41, 5.74) is 1.17. The maximum atomic E-state index is 13.7. The van der Waals surface area contributed by atoms with E-state index in [9.17, 15) is 9.59 Å². The Kier molecular flexibility index (Phi) is 8.24. The Bertz CT molecular complexity index is 1490. The standard InChI is InChI=1S/C24H21BrClIN2O5S/c1-4-6-16-19(23(31)33-5-2)20(14-9-12(26)7-8-17(14)32-3)29-22(30)18(35-24(29)28-16)11-13-10-15(25)21(27)34-13/h7-11,20H,4-6H2,1-3H3/b18-11+/t20-/m0/s1. The van der Waals surface area contributed by atoms with E-state index in [2.05, 4.69) is 38.5 Å². The third-order valence-electron chi connectivity index (χ3n) is 5.32. The average molecular weight is 692 g/mol. The van der Waals surface area contributed by atoms with Crippen LogP contribution in [0.5, 0.6) is 5.75 Å². The number of hydrogen-bond acceptors (Lipinski definition) is 7. The van der Waals surface area contributed by atoms with Crippen molar-refractivity contribution < 1.29 is 18.7 Å². The highest BCUT2D eigenvalue weighted by Gasteiger charge is 2.36. The average Bonchev–Trinajstić information content (AvgIpc) is 3.30. The number of nitrogens with zero attached hydrogens (tertiary/aromatic N) is 2. The van der Waals surface area contributed by atoms with Crippen LogP contribution >= 0.6 is 61.5 Å².